The molecule has 2 aromatic carbocycles. The zero-order valence-corrected chi connectivity index (χ0v) is 26.9. The molecule has 0 bridgehead atoms. The Morgan fingerprint density at radius 2 is 1.63 bits per heavy atom. The van der Waals surface area contributed by atoms with Gasteiger partial charge in [0.05, 0.1) is 11.7 Å². The fraction of sp³-hybridized carbons (Fsp3) is 0.515. The predicted molar refractivity (Wildman–Crippen MR) is 175 cm³/mol. The van der Waals surface area contributed by atoms with Gasteiger partial charge in [-0.05, 0) is 75.1 Å². The van der Waals surface area contributed by atoms with Crippen LogP contribution in [-0.4, -0.2) is 86.4 Å². The van der Waals surface area contributed by atoms with Crippen LogP contribution in [0, 0.1) is 11.8 Å². The van der Waals surface area contributed by atoms with Gasteiger partial charge in [-0.2, -0.15) is 5.10 Å². The van der Waals surface area contributed by atoms with Crippen LogP contribution in [0.1, 0.15) is 51.5 Å². The lowest BCUT2D eigenvalue weighted by molar-refractivity contribution is -0.133. The van der Waals surface area contributed by atoms with Crippen molar-refractivity contribution in [1.82, 2.24) is 24.5 Å². The van der Waals surface area contributed by atoms with Crippen molar-refractivity contribution >= 4 is 53.4 Å². The summed E-state index contributed by atoms with van der Waals surface area (Å²) in [6, 6.07) is 15.4. The van der Waals surface area contributed by atoms with Crippen LogP contribution in [0.4, 0.5) is 0 Å². The maximum absolute atomic E-state index is 14.2. The first-order valence-corrected chi connectivity index (χ1v) is 15.3. The number of piperidine rings is 1. The number of amidine groups is 1. The van der Waals surface area contributed by atoms with E-state index < -0.39 is 5.54 Å². The van der Waals surface area contributed by atoms with E-state index in [1.165, 1.54) is 0 Å². The molecule has 1 saturated carbocycles. The van der Waals surface area contributed by atoms with E-state index in [-0.39, 0.29) is 42.6 Å². The SMILES string of the molecule is CC(C)N1CCC2(CC1)N=C(c1ccc(-c3ccc4c(cnn4C)c3)cc1)N(C[C@@H]1CCN(C(=O)C3CC3)C1)C2=O.Cl.Cl. The molecule has 8 nitrogen and oxygen atoms in total. The van der Waals surface area contributed by atoms with Crippen LogP contribution in [0.25, 0.3) is 22.0 Å². The average molecular weight is 626 g/mol. The molecule has 2 saturated heterocycles. The maximum Gasteiger partial charge on any atom is 0.256 e. The molecule has 1 aliphatic carbocycles. The van der Waals surface area contributed by atoms with Crippen molar-refractivity contribution in [2.45, 2.75) is 57.5 Å². The summed E-state index contributed by atoms with van der Waals surface area (Å²) in [5.74, 6) is 1.78. The standard InChI is InChI=1S/C33H40N6O2.2ClH/c1-22(2)37-16-13-33(14-17-37)32(41)39(21-23-12-15-38(20-23)31(40)26-8-9-26)30(35-33)25-6-4-24(5-7-25)27-10-11-29-28(18-27)19-34-36(29)3;;/h4-7,10-11,18-19,22-23,26H,8-9,12-17,20-21H2,1-3H3;2*1H/t23-;;/m1../s1. The Morgan fingerprint density at radius 3 is 2.30 bits per heavy atom. The number of benzene rings is 2. The van der Waals surface area contributed by atoms with Crippen molar-refractivity contribution < 1.29 is 9.59 Å². The first kappa shape index (κ1) is 31.5. The van der Waals surface area contributed by atoms with Crippen LogP contribution < -0.4 is 0 Å². The molecule has 230 valence electrons. The fourth-order valence-corrected chi connectivity index (χ4v) is 6.97. The van der Waals surface area contributed by atoms with Crippen molar-refractivity contribution in [3.8, 4) is 11.1 Å². The molecule has 3 aromatic rings. The smallest absolute Gasteiger partial charge is 0.256 e. The minimum atomic E-state index is -0.674. The Kier molecular flexibility index (Phi) is 8.94. The minimum Gasteiger partial charge on any atom is -0.342 e. The number of likely N-dealkylation sites (tertiary alicyclic amines) is 2. The zero-order chi connectivity index (χ0) is 28.3. The largest absolute Gasteiger partial charge is 0.342 e. The summed E-state index contributed by atoms with van der Waals surface area (Å²) in [7, 11) is 1.96. The summed E-state index contributed by atoms with van der Waals surface area (Å²) in [6.45, 7) is 8.39. The number of carbonyl (C=O) groups is 2. The molecule has 4 aliphatic rings. The number of hydrogen-bond acceptors (Lipinski definition) is 5. The van der Waals surface area contributed by atoms with E-state index >= 15 is 0 Å². The number of aryl methyl sites for hydroxylation is 1. The van der Waals surface area contributed by atoms with Crippen LogP contribution in [0.15, 0.2) is 53.7 Å². The highest BCUT2D eigenvalue weighted by Crippen LogP contribution is 2.38. The second-order valence-electron chi connectivity index (χ2n) is 12.8. The third-order valence-electron chi connectivity index (χ3n) is 9.76. The molecule has 3 aliphatic heterocycles. The van der Waals surface area contributed by atoms with Crippen LogP contribution in [-0.2, 0) is 16.6 Å². The minimum absolute atomic E-state index is 0. The van der Waals surface area contributed by atoms with Crippen molar-refractivity contribution in [3.63, 3.8) is 0 Å². The van der Waals surface area contributed by atoms with Gasteiger partial charge in [0.1, 0.15) is 11.4 Å². The molecule has 0 unspecified atom stereocenters. The maximum atomic E-state index is 14.2. The Balaban J connectivity index is 0.00000184. The Morgan fingerprint density at radius 1 is 0.953 bits per heavy atom. The molecule has 0 N–H and O–H groups in total. The summed E-state index contributed by atoms with van der Waals surface area (Å²) in [4.78, 5) is 38.6. The van der Waals surface area contributed by atoms with Gasteiger partial charge in [-0.15, -0.1) is 24.8 Å². The fourth-order valence-electron chi connectivity index (χ4n) is 6.97. The number of aromatic nitrogens is 2. The molecule has 2 amide bonds. The molecule has 1 atom stereocenters. The molecule has 1 aromatic heterocycles. The van der Waals surface area contributed by atoms with Crippen molar-refractivity contribution in [3.05, 3.63) is 54.2 Å². The van der Waals surface area contributed by atoms with E-state index in [9.17, 15) is 9.59 Å². The average Bonchev–Trinajstić information content (AvgIpc) is 3.55. The summed E-state index contributed by atoms with van der Waals surface area (Å²) < 4.78 is 1.89. The first-order valence-electron chi connectivity index (χ1n) is 15.3. The highest BCUT2D eigenvalue weighted by atomic mass is 35.5. The van der Waals surface area contributed by atoms with Gasteiger partial charge in [0.25, 0.3) is 5.91 Å². The normalized spacial score (nSPS) is 21.8. The molecule has 0 radical (unpaired) electrons. The van der Waals surface area contributed by atoms with E-state index in [4.69, 9.17) is 4.99 Å². The van der Waals surface area contributed by atoms with Gasteiger partial charge >= 0.3 is 0 Å². The molecular formula is C33H42Cl2N6O2. The first-order chi connectivity index (χ1) is 19.8. The van der Waals surface area contributed by atoms with Gasteiger partial charge in [-0.25, -0.2) is 0 Å². The number of fused-ring (bicyclic) bond motifs is 1. The van der Waals surface area contributed by atoms with Gasteiger partial charge in [-0.1, -0.05) is 30.3 Å². The molecule has 3 fully saturated rings. The quantitative estimate of drug-likeness (QED) is 0.379. The lowest BCUT2D eigenvalue weighted by atomic mass is 9.87. The number of halogens is 2. The Bertz CT molecular complexity index is 1520. The predicted octanol–water partition coefficient (Wildman–Crippen LogP) is 5.17. The third kappa shape index (κ3) is 5.81. The number of aliphatic imine (C=N–C) groups is 1. The monoisotopic (exact) mass is 624 g/mol. The van der Waals surface area contributed by atoms with Crippen LogP contribution in [0.3, 0.4) is 0 Å². The summed E-state index contributed by atoms with van der Waals surface area (Å²) >= 11 is 0. The number of nitrogens with zero attached hydrogens (tertiary/aromatic N) is 6. The number of amides is 2. The van der Waals surface area contributed by atoms with Gasteiger partial charge in [0, 0.05) is 62.7 Å². The van der Waals surface area contributed by atoms with E-state index in [1.54, 1.807) is 0 Å². The van der Waals surface area contributed by atoms with Crippen LogP contribution in [0.2, 0.25) is 0 Å². The lowest BCUT2D eigenvalue weighted by Crippen LogP contribution is -2.52. The van der Waals surface area contributed by atoms with E-state index in [0.29, 0.717) is 18.5 Å². The van der Waals surface area contributed by atoms with Crippen molar-refractivity contribution in [2.75, 3.05) is 32.7 Å². The Labute approximate surface area is 266 Å². The van der Waals surface area contributed by atoms with Crippen LogP contribution >= 0.6 is 24.8 Å². The van der Waals surface area contributed by atoms with E-state index in [0.717, 1.165) is 91.7 Å². The Hall–Kier alpha value is -2.94. The molecule has 1 spiro atoms. The van der Waals surface area contributed by atoms with E-state index in [1.807, 2.05) is 27.7 Å². The molecule has 7 rings (SSSR count). The second kappa shape index (κ2) is 12.2. The number of hydrogen-bond donors (Lipinski definition) is 0. The molecule has 4 heterocycles. The summed E-state index contributed by atoms with van der Waals surface area (Å²) in [5.41, 5.74) is 3.69. The van der Waals surface area contributed by atoms with Crippen LogP contribution in [0.5, 0.6) is 0 Å². The topological polar surface area (TPSA) is 74.0 Å². The molecule has 10 heteroatoms. The second-order valence-corrected chi connectivity index (χ2v) is 12.8. The molecule has 43 heavy (non-hydrogen) atoms. The zero-order valence-electron chi connectivity index (χ0n) is 25.2. The van der Waals surface area contributed by atoms with Crippen molar-refractivity contribution in [2.24, 2.45) is 23.9 Å². The van der Waals surface area contributed by atoms with Gasteiger partial charge < -0.3 is 9.80 Å². The lowest BCUT2D eigenvalue weighted by Gasteiger charge is -2.38. The highest BCUT2D eigenvalue weighted by Gasteiger charge is 2.51. The summed E-state index contributed by atoms with van der Waals surface area (Å²) in [6.07, 6.45) is 6.41. The van der Waals surface area contributed by atoms with Gasteiger partial charge in [0.2, 0.25) is 5.91 Å². The van der Waals surface area contributed by atoms with Crippen molar-refractivity contribution in [1.29, 1.82) is 0 Å². The third-order valence-corrected chi connectivity index (χ3v) is 9.76. The van der Waals surface area contributed by atoms with Gasteiger partial charge in [-0.3, -0.25) is 24.2 Å². The number of carbonyl (C=O) groups excluding carboxylic acids is 2. The van der Waals surface area contributed by atoms with Gasteiger partial charge in [0.15, 0.2) is 0 Å². The number of rotatable bonds is 6. The summed E-state index contributed by atoms with van der Waals surface area (Å²) in [5, 5.41) is 5.49. The molecular weight excluding hydrogens is 583 g/mol. The highest BCUT2D eigenvalue weighted by molar-refractivity contribution is 6.15. The van der Waals surface area contributed by atoms with E-state index in [2.05, 4.69) is 66.3 Å².